The highest BCUT2D eigenvalue weighted by Gasteiger charge is 2.58. The van der Waals surface area contributed by atoms with Crippen LogP contribution in [0.4, 0.5) is 18.0 Å². The molecule has 0 aliphatic carbocycles. The predicted molar refractivity (Wildman–Crippen MR) is 62.7 cm³/mol. The zero-order valence-corrected chi connectivity index (χ0v) is 10.8. The molecule has 0 bridgehead atoms. The molecule has 0 spiro atoms. The fourth-order valence-corrected chi connectivity index (χ4v) is 1.24. The van der Waals surface area contributed by atoms with Gasteiger partial charge >= 0.3 is 18.2 Å². The van der Waals surface area contributed by atoms with Crippen molar-refractivity contribution < 1.29 is 27.9 Å². The summed E-state index contributed by atoms with van der Waals surface area (Å²) in [4.78, 5) is 23.5. The topological polar surface area (TPSA) is 69.6 Å². The van der Waals surface area contributed by atoms with Crippen LogP contribution in [0.25, 0.3) is 0 Å². The zero-order valence-electron chi connectivity index (χ0n) is 10.8. The molecular formula is C11H17F3N2O3. The molecule has 0 aromatic carbocycles. The van der Waals surface area contributed by atoms with Crippen LogP contribution < -0.4 is 5.32 Å². The molecule has 1 atom stereocenters. The molecule has 19 heavy (non-hydrogen) atoms. The summed E-state index contributed by atoms with van der Waals surface area (Å²) in [7, 11) is 0. The van der Waals surface area contributed by atoms with Gasteiger partial charge in [0.1, 0.15) is 0 Å². The van der Waals surface area contributed by atoms with Crippen molar-refractivity contribution in [1.82, 2.24) is 10.2 Å². The average Bonchev–Trinajstić information content (AvgIpc) is 2.26. The van der Waals surface area contributed by atoms with E-state index in [0.717, 1.165) is 4.90 Å². The number of carboxylic acids is 1. The van der Waals surface area contributed by atoms with Gasteiger partial charge in [0.25, 0.3) is 0 Å². The number of rotatable bonds is 6. The maximum absolute atomic E-state index is 12.7. The van der Waals surface area contributed by atoms with Crippen LogP contribution in [-0.4, -0.2) is 46.8 Å². The Hall–Kier alpha value is -1.73. The van der Waals surface area contributed by atoms with Crippen LogP contribution in [-0.2, 0) is 4.79 Å². The van der Waals surface area contributed by atoms with E-state index in [-0.39, 0.29) is 13.1 Å². The number of carbonyl (C=O) groups is 2. The quantitative estimate of drug-likeness (QED) is 0.732. The summed E-state index contributed by atoms with van der Waals surface area (Å²) < 4.78 is 38.1. The highest BCUT2D eigenvalue weighted by molar-refractivity contribution is 5.86. The Morgan fingerprint density at radius 1 is 1.42 bits per heavy atom. The van der Waals surface area contributed by atoms with E-state index in [1.807, 2.05) is 0 Å². The molecule has 0 heterocycles. The maximum Gasteiger partial charge on any atom is 0.422 e. The first-order valence-corrected chi connectivity index (χ1v) is 5.58. The van der Waals surface area contributed by atoms with E-state index in [9.17, 15) is 22.8 Å². The van der Waals surface area contributed by atoms with Crippen molar-refractivity contribution in [1.29, 1.82) is 0 Å². The molecule has 0 aliphatic heterocycles. The number of halogens is 3. The molecule has 5 nitrogen and oxygen atoms in total. The van der Waals surface area contributed by atoms with Crippen LogP contribution in [0.2, 0.25) is 0 Å². The molecule has 0 aromatic heterocycles. The van der Waals surface area contributed by atoms with Crippen molar-refractivity contribution in [3.8, 4) is 0 Å². The second kappa shape index (κ2) is 6.44. The standard InChI is InChI=1S/C11H17F3N2O3/c1-4-6-16(7-5-2)9(19)15-10(3,8(17)18)11(12,13)14/h4H,1,5-7H2,2-3H3,(H,15,19)(H,17,18). The molecule has 0 saturated heterocycles. The van der Waals surface area contributed by atoms with E-state index in [4.69, 9.17) is 5.11 Å². The molecule has 0 rings (SSSR count). The fraction of sp³-hybridized carbons (Fsp3) is 0.636. The lowest BCUT2D eigenvalue weighted by Crippen LogP contribution is -2.64. The van der Waals surface area contributed by atoms with E-state index < -0.39 is 23.7 Å². The van der Waals surface area contributed by atoms with E-state index >= 15 is 0 Å². The largest absolute Gasteiger partial charge is 0.479 e. The van der Waals surface area contributed by atoms with Gasteiger partial charge in [-0.1, -0.05) is 13.0 Å². The Balaban J connectivity index is 5.10. The monoisotopic (exact) mass is 282 g/mol. The third kappa shape index (κ3) is 4.15. The number of amides is 2. The molecule has 2 amide bonds. The van der Waals surface area contributed by atoms with Crippen LogP contribution in [0.3, 0.4) is 0 Å². The Morgan fingerprint density at radius 3 is 2.26 bits per heavy atom. The molecule has 8 heteroatoms. The lowest BCUT2D eigenvalue weighted by atomic mass is 10.0. The zero-order chi connectivity index (χ0) is 15.3. The van der Waals surface area contributed by atoms with Crippen molar-refractivity contribution in [2.24, 2.45) is 0 Å². The SMILES string of the molecule is C=CCN(CCC)C(=O)NC(C)(C(=O)O)C(F)(F)F. The first-order valence-electron chi connectivity index (χ1n) is 5.58. The summed E-state index contributed by atoms with van der Waals surface area (Å²) in [6.07, 6.45) is -3.22. The third-order valence-corrected chi connectivity index (χ3v) is 2.48. The van der Waals surface area contributed by atoms with Crippen molar-refractivity contribution >= 4 is 12.0 Å². The van der Waals surface area contributed by atoms with Crippen molar-refractivity contribution in [3.05, 3.63) is 12.7 Å². The molecule has 0 radical (unpaired) electrons. The smallest absolute Gasteiger partial charge is 0.422 e. The van der Waals surface area contributed by atoms with Gasteiger partial charge in [-0.15, -0.1) is 6.58 Å². The van der Waals surface area contributed by atoms with Gasteiger partial charge in [0, 0.05) is 13.1 Å². The minimum Gasteiger partial charge on any atom is -0.479 e. The second-order valence-corrected chi connectivity index (χ2v) is 4.09. The number of alkyl halides is 3. The fourth-order valence-electron chi connectivity index (χ4n) is 1.24. The number of carbonyl (C=O) groups excluding carboxylic acids is 1. The van der Waals surface area contributed by atoms with Crippen molar-refractivity contribution in [3.63, 3.8) is 0 Å². The number of nitrogens with zero attached hydrogens (tertiary/aromatic N) is 1. The van der Waals surface area contributed by atoms with Gasteiger partial charge in [0.05, 0.1) is 0 Å². The van der Waals surface area contributed by atoms with Crippen LogP contribution >= 0.6 is 0 Å². The van der Waals surface area contributed by atoms with Crippen molar-refractivity contribution in [2.45, 2.75) is 32.0 Å². The number of hydrogen-bond donors (Lipinski definition) is 2. The van der Waals surface area contributed by atoms with Gasteiger partial charge in [-0.05, 0) is 13.3 Å². The molecule has 0 fully saturated rings. The van der Waals surface area contributed by atoms with Crippen molar-refractivity contribution in [2.75, 3.05) is 13.1 Å². The van der Waals surface area contributed by atoms with Gasteiger partial charge in [-0.25, -0.2) is 9.59 Å². The van der Waals surface area contributed by atoms with Crippen LogP contribution in [0.5, 0.6) is 0 Å². The molecule has 2 N–H and O–H groups in total. The lowest BCUT2D eigenvalue weighted by Gasteiger charge is -2.31. The Labute approximate surface area is 109 Å². The summed E-state index contributed by atoms with van der Waals surface area (Å²) >= 11 is 0. The van der Waals surface area contributed by atoms with E-state index in [1.54, 1.807) is 6.92 Å². The highest BCUT2D eigenvalue weighted by Crippen LogP contribution is 2.30. The van der Waals surface area contributed by atoms with Gasteiger partial charge in [-0.2, -0.15) is 13.2 Å². The number of nitrogens with one attached hydrogen (secondary N) is 1. The summed E-state index contributed by atoms with van der Waals surface area (Å²) in [5.74, 6) is -2.16. The molecule has 110 valence electrons. The number of urea groups is 1. The maximum atomic E-state index is 12.7. The summed E-state index contributed by atoms with van der Waals surface area (Å²) in [5, 5.41) is 10.2. The Kier molecular flexibility index (Phi) is 5.85. The molecular weight excluding hydrogens is 265 g/mol. The number of carboxylic acid groups (broad SMARTS) is 1. The summed E-state index contributed by atoms with van der Waals surface area (Å²) in [6, 6.07) is -1.09. The van der Waals surface area contributed by atoms with E-state index in [1.165, 1.54) is 11.4 Å². The average molecular weight is 282 g/mol. The molecule has 1 unspecified atom stereocenters. The second-order valence-electron chi connectivity index (χ2n) is 4.09. The minimum atomic E-state index is -5.10. The summed E-state index contributed by atoms with van der Waals surface area (Å²) in [5.41, 5.74) is -3.32. The Bertz CT molecular complexity index is 358. The minimum absolute atomic E-state index is 0.0349. The summed E-state index contributed by atoms with van der Waals surface area (Å²) in [6.45, 7) is 5.77. The van der Waals surface area contributed by atoms with Crippen LogP contribution in [0.1, 0.15) is 20.3 Å². The van der Waals surface area contributed by atoms with Gasteiger partial charge in [-0.3, -0.25) is 0 Å². The van der Waals surface area contributed by atoms with Crippen LogP contribution in [0, 0.1) is 0 Å². The molecule has 0 saturated carbocycles. The number of aliphatic carboxylic acids is 1. The third-order valence-electron chi connectivity index (χ3n) is 2.48. The van der Waals surface area contributed by atoms with Gasteiger partial charge in [0.2, 0.25) is 5.54 Å². The van der Waals surface area contributed by atoms with Gasteiger partial charge in [0.15, 0.2) is 0 Å². The first-order chi connectivity index (χ1) is 8.60. The molecule has 0 aromatic rings. The van der Waals surface area contributed by atoms with E-state index in [2.05, 4.69) is 6.58 Å². The number of hydrogen-bond acceptors (Lipinski definition) is 2. The van der Waals surface area contributed by atoms with Crippen LogP contribution in [0.15, 0.2) is 12.7 Å². The highest BCUT2D eigenvalue weighted by atomic mass is 19.4. The lowest BCUT2D eigenvalue weighted by molar-refractivity contribution is -0.203. The molecule has 0 aliphatic rings. The van der Waals surface area contributed by atoms with E-state index in [0.29, 0.717) is 13.3 Å². The Morgan fingerprint density at radius 2 is 1.95 bits per heavy atom. The normalized spacial score (nSPS) is 14.4. The van der Waals surface area contributed by atoms with Gasteiger partial charge < -0.3 is 15.3 Å². The predicted octanol–water partition coefficient (Wildman–Crippen LogP) is 2.00. The first kappa shape index (κ1) is 17.3.